The summed E-state index contributed by atoms with van der Waals surface area (Å²) in [4.78, 5) is 17.8. The maximum absolute atomic E-state index is 12.9. The molecule has 1 aliphatic rings. The summed E-state index contributed by atoms with van der Waals surface area (Å²) in [6.45, 7) is 4.60. The van der Waals surface area contributed by atoms with Crippen LogP contribution in [0.5, 0.6) is 0 Å². The number of carbonyl (C=O) groups is 1. The van der Waals surface area contributed by atoms with Crippen molar-refractivity contribution >= 4 is 26.8 Å². The molecule has 0 radical (unpaired) electrons. The highest BCUT2D eigenvalue weighted by Gasteiger charge is 2.33. The maximum Gasteiger partial charge on any atom is 0.270 e. The summed E-state index contributed by atoms with van der Waals surface area (Å²) in [6.07, 6.45) is 0. The topological polar surface area (TPSA) is 102 Å². The minimum absolute atomic E-state index is 0.112. The molecule has 3 aromatic rings. The summed E-state index contributed by atoms with van der Waals surface area (Å²) < 4.78 is 27.2. The number of rotatable bonds is 3. The third-order valence-electron chi connectivity index (χ3n) is 4.94. The molecular formula is C18H21N5O3S. The monoisotopic (exact) mass is 387 g/mol. The number of aromatic amines is 2. The number of nitrogens with one attached hydrogen (secondary N) is 2. The van der Waals surface area contributed by atoms with E-state index in [9.17, 15) is 13.2 Å². The zero-order valence-corrected chi connectivity index (χ0v) is 16.0. The SMILES string of the molecule is Cc1n[nH]c(C)c1S(=O)(=O)N1CCN(C(=O)c2cc3ccccc3[nH]2)CC1. The van der Waals surface area contributed by atoms with E-state index in [1.807, 2.05) is 30.3 Å². The van der Waals surface area contributed by atoms with Gasteiger partial charge in [-0.05, 0) is 26.0 Å². The number of H-pyrrole nitrogens is 2. The first-order valence-electron chi connectivity index (χ1n) is 8.76. The first-order chi connectivity index (χ1) is 12.9. The van der Waals surface area contributed by atoms with Crippen molar-refractivity contribution in [1.82, 2.24) is 24.4 Å². The lowest BCUT2D eigenvalue weighted by molar-refractivity contribution is 0.0693. The number of aryl methyl sites for hydroxylation is 2. The molecular weight excluding hydrogens is 366 g/mol. The van der Waals surface area contributed by atoms with Gasteiger partial charge >= 0.3 is 0 Å². The molecule has 1 saturated heterocycles. The van der Waals surface area contributed by atoms with Crippen molar-refractivity contribution in [2.75, 3.05) is 26.2 Å². The number of aromatic nitrogens is 3. The third-order valence-corrected chi connectivity index (χ3v) is 7.11. The molecule has 0 bridgehead atoms. The first kappa shape index (κ1) is 17.7. The van der Waals surface area contributed by atoms with E-state index in [4.69, 9.17) is 0 Å². The molecule has 0 unspecified atom stereocenters. The van der Waals surface area contributed by atoms with Crippen LogP contribution in [0.4, 0.5) is 0 Å². The van der Waals surface area contributed by atoms with Crippen LogP contribution < -0.4 is 0 Å². The first-order valence-corrected chi connectivity index (χ1v) is 10.2. The summed E-state index contributed by atoms with van der Waals surface area (Å²) in [7, 11) is -3.62. The van der Waals surface area contributed by atoms with Gasteiger partial charge in [-0.25, -0.2) is 8.42 Å². The average Bonchev–Trinajstić information content (AvgIpc) is 3.24. The van der Waals surface area contributed by atoms with Crippen molar-refractivity contribution < 1.29 is 13.2 Å². The van der Waals surface area contributed by atoms with Gasteiger partial charge in [0.25, 0.3) is 5.91 Å². The zero-order chi connectivity index (χ0) is 19.2. The van der Waals surface area contributed by atoms with Crippen molar-refractivity contribution in [2.24, 2.45) is 0 Å². The standard InChI is InChI=1S/C18H21N5O3S/c1-12-17(13(2)21-20-12)27(25,26)23-9-7-22(8-10-23)18(24)16-11-14-5-3-4-6-15(14)19-16/h3-6,11,19H,7-10H2,1-2H3,(H,20,21). The molecule has 8 nitrogen and oxygen atoms in total. The molecule has 2 N–H and O–H groups in total. The Hall–Kier alpha value is -2.65. The van der Waals surface area contributed by atoms with Gasteiger partial charge in [-0.3, -0.25) is 9.89 Å². The number of nitrogens with zero attached hydrogens (tertiary/aromatic N) is 3. The molecule has 4 rings (SSSR count). The molecule has 0 spiro atoms. The van der Waals surface area contributed by atoms with Crippen LogP contribution in [0.3, 0.4) is 0 Å². The summed E-state index contributed by atoms with van der Waals surface area (Å²) in [5.41, 5.74) is 2.43. The van der Waals surface area contributed by atoms with Crippen molar-refractivity contribution in [3.63, 3.8) is 0 Å². The number of para-hydroxylation sites is 1. The minimum atomic E-state index is -3.62. The van der Waals surface area contributed by atoms with Crippen LogP contribution in [-0.4, -0.2) is 64.9 Å². The molecule has 1 aliphatic heterocycles. The van der Waals surface area contributed by atoms with Gasteiger partial charge in [-0.15, -0.1) is 0 Å². The van der Waals surface area contributed by atoms with Crippen molar-refractivity contribution in [3.8, 4) is 0 Å². The van der Waals surface area contributed by atoms with Gasteiger partial charge in [0.15, 0.2) is 0 Å². The smallest absolute Gasteiger partial charge is 0.270 e. The number of hydrogen-bond donors (Lipinski definition) is 2. The van der Waals surface area contributed by atoms with Gasteiger partial charge in [0.2, 0.25) is 10.0 Å². The third kappa shape index (κ3) is 3.02. The summed E-state index contributed by atoms with van der Waals surface area (Å²) in [5.74, 6) is -0.112. The molecule has 0 atom stereocenters. The second-order valence-corrected chi connectivity index (χ2v) is 8.60. The fourth-order valence-corrected chi connectivity index (χ4v) is 5.29. The summed E-state index contributed by atoms with van der Waals surface area (Å²) >= 11 is 0. The van der Waals surface area contributed by atoms with E-state index in [1.165, 1.54) is 4.31 Å². The quantitative estimate of drug-likeness (QED) is 0.713. The molecule has 1 fully saturated rings. The van der Waals surface area contributed by atoms with Crippen LogP contribution >= 0.6 is 0 Å². The lowest BCUT2D eigenvalue weighted by Gasteiger charge is -2.33. The number of sulfonamides is 1. The minimum Gasteiger partial charge on any atom is -0.351 e. The molecule has 142 valence electrons. The number of carbonyl (C=O) groups excluding carboxylic acids is 1. The van der Waals surface area contributed by atoms with Gasteiger partial charge in [-0.2, -0.15) is 9.40 Å². The fraction of sp³-hybridized carbons (Fsp3) is 0.333. The Morgan fingerprint density at radius 1 is 1.11 bits per heavy atom. The molecule has 0 aliphatic carbocycles. The lowest BCUT2D eigenvalue weighted by Crippen LogP contribution is -2.50. The fourth-order valence-electron chi connectivity index (χ4n) is 3.54. The van der Waals surface area contributed by atoms with Gasteiger partial charge in [-0.1, -0.05) is 18.2 Å². The zero-order valence-electron chi connectivity index (χ0n) is 15.2. The Bertz CT molecular complexity index is 1050. The van der Waals surface area contributed by atoms with E-state index in [0.717, 1.165) is 10.9 Å². The second-order valence-electron chi connectivity index (χ2n) is 6.73. The van der Waals surface area contributed by atoms with Crippen molar-refractivity contribution in [2.45, 2.75) is 18.7 Å². The Balaban J connectivity index is 1.49. The van der Waals surface area contributed by atoms with Crippen LogP contribution in [0.2, 0.25) is 0 Å². The highest BCUT2D eigenvalue weighted by Crippen LogP contribution is 2.23. The largest absolute Gasteiger partial charge is 0.351 e. The van der Waals surface area contributed by atoms with Crippen LogP contribution in [0.25, 0.3) is 10.9 Å². The molecule has 2 aromatic heterocycles. The van der Waals surface area contributed by atoms with E-state index >= 15 is 0 Å². The second kappa shape index (κ2) is 6.50. The van der Waals surface area contributed by atoms with Gasteiger partial charge in [0.05, 0.1) is 11.4 Å². The lowest BCUT2D eigenvalue weighted by atomic mass is 10.2. The number of benzene rings is 1. The normalized spacial score (nSPS) is 16.1. The molecule has 0 saturated carbocycles. The van der Waals surface area contributed by atoms with E-state index < -0.39 is 10.0 Å². The van der Waals surface area contributed by atoms with Crippen LogP contribution in [0.15, 0.2) is 35.2 Å². The Kier molecular flexibility index (Phi) is 4.27. The van der Waals surface area contributed by atoms with E-state index in [2.05, 4.69) is 15.2 Å². The highest BCUT2D eigenvalue weighted by molar-refractivity contribution is 7.89. The maximum atomic E-state index is 12.9. The van der Waals surface area contributed by atoms with E-state index in [1.54, 1.807) is 18.7 Å². The number of fused-ring (bicyclic) bond motifs is 1. The number of hydrogen-bond acceptors (Lipinski definition) is 4. The van der Waals surface area contributed by atoms with Crippen LogP contribution in [0.1, 0.15) is 21.9 Å². The van der Waals surface area contributed by atoms with E-state index in [-0.39, 0.29) is 23.9 Å². The van der Waals surface area contributed by atoms with Crippen molar-refractivity contribution in [1.29, 1.82) is 0 Å². The predicted molar refractivity (Wildman–Crippen MR) is 101 cm³/mol. The van der Waals surface area contributed by atoms with E-state index in [0.29, 0.717) is 30.2 Å². The highest BCUT2D eigenvalue weighted by atomic mass is 32.2. The van der Waals surface area contributed by atoms with Gasteiger partial charge in [0, 0.05) is 37.1 Å². The Labute approximate surface area is 157 Å². The van der Waals surface area contributed by atoms with Gasteiger partial charge < -0.3 is 9.88 Å². The van der Waals surface area contributed by atoms with Crippen molar-refractivity contribution in [3.05, 3.63) is 47.4 Å². The molecule has 3 heterocycles. The summed E-state index contributed by atoms with van der Waals surface area (Å²) in [5, 5.41) is 7.68. The Morgan fingerprint density at radius 3 is 2.44 bits per heavy atom. The van der Waals surface area contributed by atoms with Crippen LogP contribution in [-0.2, 0) is 10.0 Å². The molecule has 1 amide bonds. The molecule has 27 heavy (non-hydrogen) atoms. The Morgan fingerprint density at radius 2 is 1.81 bits per heavy atom. The average molecular weight is 387 g/mol. The molecule has 9 heteroatoms. The predicted octanol–water partition coefficient (Wildman–Crippen LogP) is 1.65. The van der Waals surface area contributed by atoms with Gasteiger partial charge in [0.1, 0.15) is 10.6 Å². The molecule has 1 aromatic carbocycles. The summed E-state index contributed by atoms with van der Waals surface area (Å²) in [6, 6.07) is 9.54. The van der Waals surface area contributed by atoms with Crippen LogP contribution in [0, 0.1) is 13.8 Å². The number of amides is 1. The number of piperazine rings is 1.